The third-order valence-electron chi connectivity index (χ3n) is 20.6. The van der Waals surface area contributed by atoms with Crippen LogP contribution in [0, 0.1) is 11.8 Å². The topological polar surface area (TPSA) is 153 Å². The molecular weight excluding hydrogens is 1180 g/mol. The van der Waals surface area contributed by atoms with Gasteiger partial charge in [-0.1, -0.05) is 90.8 Å². The van der Waals surface area contributed by atoms with Crippen LogP contribution in [0.25, 0.3) is 21.5 Å². The number of allylic oxidation sites excluding steroid dienone is 1. The molecule has 4 atom stereocenters. The zero-order chi connectivity index (χ0) is 61.4. The van der Waals surface area contributed by atoms with Crippen LogP contribution in [0.2, 0.25) is 10.0 Å². The smallest absolute Gasteiger partial charge is 0.318 e. The summed E-state index contributed by atoms with van der Waals surface area (Å²) in [7, 11) is 2.12. The van der Waals surface area contributed by atoms with Crippen molar-refractivity contribution >= 4 is 83.5 Å². The van der Waals surface area contributed by atoms with Crippen LogP contribution >= 0.6 is 23.2 Å². The van der Waals surface area contributed by atoms with Crippen LogP contribution in [0.3, 0.4) is 0 Å². The summed E-state index contributed by atoms with van der Waals surface area (Å²) in [4.78, 5) is 49.9. The van der Waals surface area contributed by atoms with Gasteiger partial charge in [-0.2, -0.15) is 19.9 Å². The summed E-state index contributed by atoms with van der Waals surface area (Å²) in [5.41, 5.74) is 6.02. The molecule has 20 heteroatoms. The number of anilines is 4. The van der Waals surface area contributed by atoms with Crippen LogP contribution in [0.5, 0.6) is 12.0 Å². The molecule has 0 bridgehead atoms. The SMILES string of the molecule is COC/C=C/C(=O)N1CC[C@@H](N(C)c2nc(OCC34CCCN3CC(CC(C)C/C=C/S(=O)(=O)CCN(C)c3nc(OCC56CCCN5CCC6)nc5c3CCN(c3cccc6cccc(Cl)c36)C5)C4)nc3c2CCN(c2cccc4cccc(Cl)c24)C3)C1. The van der Waals surface area contributed by atoms with E-state index >= 15 is 0 Å². The molecule has 2 aromatic heterocycles. The summed E-state index contributed by atoms with van der Waals surface area (Å²) in [5, 5.41) is 7.13. The molecule has 5 saturated heterocycles. The Morgan fingerprint density at radius 3 is 1.92 bits per heavy atom. The predicted molar refractivity (Wildman–Crippen MR) is 356 cm³/mol. The van der Waals surface area contributed by atoms with E-state index in [1.165, 1.54) is 18.2 Å². The Bertz CT molecular complexity index is 3760. The van der Waals surface area contributed by atoms with Gasteiger partial charge >= 0.3 is 12.0 Å². The molecule has 0 saturated carbocycles. The number of nitrogens with zero attached hydrogens (tertiary/aromatic N) is 11. The van der Waals surface area contributed by atoms with Crippen molar-refractivity contribution in [2.75, 3.05) is 125 Å². The molecule has 0 radical (unpaired) electrons. The molecule has 17 nitrogen and oxygen atoms in total. The van der Waals surface area contributed by atoms with Crippen molar-refractivity contribution in [1.82, 2.24) is 34.6 Å². The quantitative estimate of drug-likeness (QED) is 0.0592. The maximum atomic E-state index is 13.9. The molecule has 3 unspecified atom stereocenters. The largest absolute Gasteiger partial charge is 0.461 e. The Kier molecular flexibility index (Phi) is 18.1. The maximum Gasteiger partial charge on any atom is 0.318 e. The molecule has 0 N–H and O–H groups in total. The highest BCUT2D eigenvalue weighted by Crippen LogP contribution is 2.46. The standard InChI is InChI=1S/C69H85Cl2N11O6S/c1-48(14-10-38-89(84,85)39-36-76(2)64-53-25-34-78(59-21-7-17-50-15-5-19-55(70)62(50)59)44-57(53)72-66(74-64)87-46-68-27-11-30-81(68)31-12-28-68)40-49-41-69(29-13-32-82(69)42-49)47-88-67-73-58-45-79(60-22-8-18-51-16-6-20-56(71)63(51)60)35-26-54(58)65(75-67)77(3)52-24-33-80(43-52)61(83)23-9-37-86-4/h5-10,15-23,38,48-49,52H,11-14,24-37,39-47H2,1-4H3/b23-9+,38-10+/t48?,49?,52-,69?/m1/s1. The van der Waals surface area contributed by atoms with Crippen molar-refractivity contribution in [3.8, 4) is 12.0 Å². The second-order valence-corrected chi connectivity index (χ2v) is 29.2. The van der Waals surface area contributed by atoms with Crippen LogP contribution in [0.4, 0.5) is 23.0 Å². The van der Waals surface area contributed by atoms with E-state index in [1.54, 1.807) is 19.3 Å². The number of carbonyl (C=O) groups excluding carboxylic acids is 1. The van der Waals surface area contributed by atoms with Crippen LogP contribution < -0.4 is 29.1 Å². The lowest BCUT2D eigenvalue weighted by Crippen LogP contribution is -2.44. The first kappa shape index (κ1) is 61.6. The highest BCUT2D eigenvalue weighted by Gasteiger charge is 2.50. The van der Waals surface area contributed by atoms with Crippen LogP contribution in [-0.4, -0.2) is 172 Å². The number of aromatic nitrogens is 4. The fraction of sp³-hybridized carbons (Fsp3) is 0.522. The van der Waals surface area contributed by atoms with Gasteiger partial charge in [0.05, 0.1) is 58.0 Å². The number of methoxy groups -OCH3 is 1. The minimum atomic E-state index is -3.55. The monoisotopic (exact) mass is 1270 g/mol. The minimum absolute atomic E-state index is 0.00856. The molecule has 4 aromatic carbocycles. The second-order valence-electron chi connectivity index (χ2n) is 26.4. The minimum Gasteiger partial charge on any atom is -0.461 e. The average Bonchev–Trinajstić information content (AvgIpc) is 1.92. The van der Waals surface area contributed by atoms with Gasteiger partial charge in [-0.15, -0.1) is 0 Å². The summed E-state index contributed by atoms with van der Waals surface area (Å²) in [5.74, 6) is 2.27. The zero-order valence-electron chi connectivity index (χ0n) is 52.1. The molecule has 89 heavy (non-hydrogen) atoms. The highest BCUT2D eigenvalue weighted by atomic mass is 35.5. The van der Waals surface area contributed by atoms with Crippen molar-refractivity contribution in [2.24, 2.45) is 11.8 Å². The number of hydrogen-bond donors (Lipinski definition) is 0. The van der Waals surface area contributed by atoms with Crippen LogP contribution in [0.15, 0.2) is 96.4 Å². The Hall–Kier alpha value is -6.28. The first-order chi connectivity index (χ1) is 43.1. The Labute approximate surface area is 534 Å². The van der Waals surface area contributed by atoms with E-state index in [1.807, 2.05) is 47.2 Å². The van der Waals surface area contributed by atoms with E-state index in [0.29, 0.717) is 76.8 Å². The van der Waals surface area contributed by atoms with Gasteiger partial charge in [-0.3, -0.25) is 14.6 Å². The van der Waals surface area contributed by atoms with E-state index in [9.17, 15) is 13.2 Å². The molecule has 0 spiro atoms. The fourth-order valence-corrected chi connectivity index (χ4v) is 17.6. The van der Waals surface area contributed by atoms with Gasteiger partial charge in [0.1, 0.15) is 24.8 Å². The maximum absolute atomic E-state index is 13.9. The van der Waals surface area contributed by atoms with Crippen molar-refractivity contribution in [1.29, 1.82) is 0 Å². The van der Waals surface area contributed by atoms with Crippen molar-refractivity contribution in [2.45, 2.75) is 114 Å². The predicted octanol–water partition coefficient (Wildman–Crippen LogP) is 11.0. The molecule has 9 heterocycles. The summed E-state index contributed by atoms with van der Waals surface area (Å²) in [6, 6.07) is 25.5. The first-order valence-electron chi connectivity index (χ1n) is 32.3. The number of sulfone groups is 1. The van der Waals surface area contributed by atoms with E-state index in [2.05, 4.69) is 87.0 Å². The zero-order valence-corrected chi connectivity index (χ0v) is 54.4. The number of fused-ring (bicyclic) bond motifs is 6. The number of benzene rings is 4. The molecular formula is C69H85Cl2N11O6S. The number of likely N-dealkylation sites (tertiary alicyclic amines) is 1. The third kappa shape index (κ3) is 12.9. The highest BCUT2D eigenvalue weighted by molar-refractivity contribution is 7.94. The number of rotatable bonds is 22. The lowest BCUT2D eigenvalue weighted by atomic mass is 9.85. The van der Waals surface area contributed by atoms with Gasteiger partial charge in [0.15, 0.2) is 9.84 Å². The number of amides is 1. The Morgan fingerprint density at radius 2 is 1.29 bits per heavy atom. The van der Waals surface area contributed by atoms with E-state index in [0.717, 1.165) is 168 Å². The van der Waals surface area contributed by atoms with E-state index in [4.69, 9.17) is 57.3 Å². The molecule has 6 aromatic rings. The molecule has 0 aliphatic carbocycles. The van der Waals surface area contributed by atoms with E-state index < -0.39 is 9.84 Å². The molecule has 472 valence electrons. The summed E-state index contributed by atoms with van der Waals surface area (Å²) >= 11 is 13.7. The molecule has 7 aliphatic heterocycles. The first-order valence-corrected chi connectivity index (χ1v) is 34.8. The number of likely N-dealkylation sites (N-methyl/N-ethyl adjacent to an activating group) is 1. The lowest BCUT2D eigenvalue weighted by molar-refractivity contribution is -0.125. The average molecular weight is 1270 g/mol. The number of ether oxygens (including phenoxy) is 3. The summed E-state index contributed by atoms with van der Waals surface area (Å²) in [6.45, 7) is 12.0. The Morgan fingerprint density at radius 1 is 0.719 bits per heavy atom. The lowest BCUT2D eigenvalue weighted by Gasteiger charge is -2.35. The van der Waals surface area contributed by atoms with Crippen molar-refractivity contribution in [3.05, 3.63) is 129 Å². The molecule has 1 amide bonds. The van der Waals surface area contributed by atoms with Gasteiger partial charge in [0, 0.05) is 111 Å². The van der Waals surface area contributed by atoms with Gasteiger partial charge < -0.3 is 38.7 Å². The fourth-order valence-electron chi connectivity index (χ4n) is 16.0. The number of carbonyl (C=O) groups is 1. The molecule has 13 rings (SSSR count). The number of halogens is 2. The van der Waals surface area contributed by atoms with Gasteiger partial charge in [0.2, 0.25) is 5.91 Å². The Balaban J connectivity index is 0.657. The molecule has 7 aliphatic rings. The summed E-state index contributed by atoms with van der Waals surface area (Å²) in [6.07, 6.45) is 16.9. The normalized spacial score (nSPS) is 22.2. The van der Waals surface area contributed by atoms with Crippen molar-refractivity contribution in [3.63, 3.8) is 0 Å². The number of hydrogen-bond acceptors (Lipinski definition) is 16. The third-order valence-corrected chi connectivity index (χ3v) is 22.5. The van der Waals surface area contributed by atoms with Gasteiger partial charge in [0.25, 0.3) is 0 Å². The van der Waals surface area contributed by atoms with E-state index in [-0.39, 0.29) is 41.2 Å². The van der Waals surface area contributed by atoms with Gasteiger partial charge in [-0.25, -0.2) is 8.42 Å². The van der Waals surface area contributed by atoms with Gasteiger partial charge in [-0.05, 0) is 144 Å². The summed E-state index contributed by atoms with van der Waals surface area (Å²) < 4.78 is 46.4. The van der Waals surface area contributed by atoms with Crippen LogP contribution in [-0.2, 0) is 45.3 Å². The second kappa shape index (κ2) is 26.1. The van der Waals surface area contributed by atoms with Crippen LogP contribution in [0.1, 0.15) is 93.6 Å². The van der Waals surface area contributed by atoms with Crippen molar-refractivity contribution < 1.29 is 27.4 Å². The molecule has 5 fully saturated rings.